The van der Waals surface area contributed by atoms with Crippen LogP contribution >= 0.6 is 11.6 Å². The molecule has 1 atom stereocenters. The van der Waals surface area contributed by atoms with Crippen molar-refractivity contribution in [3.63, 3.8) is 0 Å². The highest BCUT2D eigenvalue weighted by Gasteiger charge is 2.31. The standard InChI is InChI=1S/C13H13ClN4O5S/c14-8-2-1-3-9(12(8)19)24(22,23)15-5-11-17-16-10-4-7(13(20)21)6-18(10)11/h1-3,7,15,19H,4-6H2,(H,20,21). The number of para-hydroxylation sites is 1. The lowest BCUT2D eigenvalue weighted by molar-refractivity contribution is -0.141. The fraction of sp³-hybridized carbons (Fsp3) is 0.308. The van der Waals surface area contributed by atoms with Crippen LogP contribution in [0.3, 0.4) is 0 Å². The van der Waals surface area contributed by atoms with E-state index >= 15 is 0 Å². The first-order chi connectivity index (χ1) is 11.3. The predicted octanol–water partition coefficient (Wildman–Crippen LogP) is 0.372. The number of nitrogens with one attached hydrogen (secondary N) is 1. The molecule has 1 aliphatic rings. The maximum absolute atomic E-state index is 12.3. The van der Waals surface area contributed by atoms with Crippen LogP contribution in [0, 0.1) is 5.92 Å². The van der Waals surface area contributed by atoms with E-state index in [1.165, 1.54) is 18.2 Å². The highest BCUT2D eigenvalue weighted by Crippen LogP contribution is 2.30. The molecule has 9 nitrogen and oxygen atoms in total. The molecule has 0 fully saturated rings. The summed E-state index contributed by atoms with van der Waals surface area (Å²) in [6.45, 7) is 0.00473. The Balaban J connectivity index is 1.78. The number of hydrogen-bond acceptors (Lipinski definition) is 6. The zero-order chi connectivity index (χ0) is 17.5. The Morgan fingerprint density at radius 2 is 2.17 bits per heavy atom. The smallest absolute Gasteiger partial charge is 0.308 e. The van der Waals surface area contributed by atoms with Crippen molar-refractivity contribution in [3.8, 4) is 5.75 Å². The normalized spacial score (nSPS) is 17.0. The second-order valence-corrected chi connectivity index (χ2v) is 7.44. The summed E-state index contributed by atoms with van der Waals surface area (Å²) in [5, 5.41) is 26.5. The Morgan fingerprint density at radius 3 is 2.88 bits per heavy atom. The second kappa shape index (κ2) is 6.04. The number of benzene rings is 1. The van der Waals surface area contributed by atoms with Crippen LogP contribution in [0.2, 0.25) is 5.02 Å². The fourth-order valence-electron chi connectivity index (χ4n) is 2.49. The van der Waals surface area contributed by atoms with E-state index in [0.29, 0.717) is 11.6 Å². The van der Waals surface area contributed by atoms with Crippen molar-refractivity contribution in [2.75, 3.05) is 0 Å². The van der Waals surface area contributed by atoms with Crippen LogP contribution in [0.15, 0.2) is 23.1 Å². The van der Waals surface area contributed by atoms with Crippen molar-refractivity contribution in [1.82, 2.24) is 19.5 Å². The molecule has 0 saturated carbocycles. The molecule has 24 heavy (non-hydrogen) atoms. The number of hydrogen-bond donors (Lipinski definition) is 3. The van der Waals surface area contributed by atoms with Gasteiger partial charge in [0.25, 0.3) is 0 Å². The number of aromatic hydroxyl groups is 1. The maximum atomic E-state index is 12.3. The molecule has 1 aromatic carbocycles. The summed E-state index contributed by atoms with van der Waals surface area (Å²) in [6, 6.07) is 3.99. The second-order valence-electron chi connectivity index (χ2n) is 5.29. The van der Waals surface area contributed by atoms with Crippen molar-refractivity contribution in [1.29, 1.82) is 0 Å². The first-order valence-corrected chi connectivity index (χ1v) is 8.76. The summed E-state index contributed by atoms with van der Waals surface area (Å²) in [4.78, 5) is 10.7. The number of nitrogens with zero attached hydrogens (tertiary/aromatic N) is 3. The lowest BCUT2D eigenvalue weighted by Gasteiger charge is -2.09. The number of carboxylic acids is 1. The molecule has 0 bridgehead atoms. The zero-order valence-corrected chi connectivity index (χ0v) is 13.8. The lowest BCUT2D eigenvalue weighted by atomic mass is 10.1. The van der Waals surface area contributed by atoms with E-state index in [2.05, 4.69) is 14.9 Å². The first kappa shape index (κ1) is 16.7. The van der Waals surface area contributed by atoms with E-state index < -0.39 is 27.7 Å². The number of aromatic nitrogens is 3. The average molecular weight is 373 g/mol. The molecule has 2 heterocycles. The highest BCUT2D eigenvalue weighted by atomic mass is 35.5. The van der Waals surface area contributed by atoms with Crippen LogP contribution in [0.5, 0.6) is 5.75 Å². The van der Waals surface area contributed by atoms with Gasteiger partial charge in [-0.15, -0.1) is 10.2 Å². The minimum Gasteiger partial charge on any atom is -0.505 e. The monoisotopic (exact) mass is 372 g/mol. The maximum Gasteiger partial charge on any atom is 0.308 e. The number of carboxylic acid groups (broad SMARTS) is 1. The van der Waals surface area contributed by atoms with Gasteiger partial charge >= 0.3 is 5.97 Å². The number of rotatable bonds is 5. The molecule has 1 aromatic heterocycles. The Morgan fingerprint density at radius 1 is 1.42 bits per heavy atom. The van der Waals surface area contributed by atoms with Crippen molar-refractivity contribution >= 4 is 27.6 Å². The average Bonchev–Trinajstić information content (AvgIpc) is 3.08. The van der Waals surface area contributed by atoms with Gasteiger partial charge < -0.3 is 14.8 Å². The van der Waals surface area contributed by atoms with Gasteiger partial charge in [-0.2, -0.15) is 0 Å². The summed E-state index contributed by atoms with van der Waals surface area (Å²) >= 11 is 5.72. The van der Waals surface area contributed by atoms with Gasteiger partial charge in [0.1, 0.15) is 16.5 Å². The lowest BCUT2D eigenvalue weighted by Crippen LogP contribution is -2.25. The number of sulfonamides is 1. The molecule has 0 aliphatic carbocycles. The third kappa shape index (κ3) is 2.95. The van der Waals surface area contributed by atoms with Gasteiger partial charge in [-0.25, -0.2) is 13.1 Å². The van der Waals surface area contributed by atoms with Crippen molar-refractivity contribution in [3.05, 3.63) is 34.9 Å². The molecule has 0 amide bonds. The largest absolute Gasteiger partial charge is 0.505 e. The molecule has 11 heteroatoms. The first-order valence-electron chi connectivity index (χ1n) is 6.90. The van der Waals surface area contributed by atoms with Gasteiger partial charge in [-0.3, -0.25) is 4.79 Å². The van der Waals surface area contributed by atoms with Crippen LogP contribution in [-0.4, -0.2) is 39.4 Å². The number of halogens is 1. The van der Waals surface area contributed by atoms with Crippen LogP contribution in [-0.2, 0) is 34.3 Å². The third-order valence-corrected chi connectivity index (χ3v) is 5.48. The molecule has 3 N–H and O–H groups in total. The van der Waals surface area contributed by atoms with Gasteiger partial charge in [0.2, 0.25) is 10.0 Å². The van der Waals surface area contributed by atoms with Gasteiger partial charge in [-0.05, 0) is 12.1 Å². The van der Waals surface area contributed by atoms with Crippen LogP contribution in [0.4, 0.5) is 0 Å². The Labute approximate surface area is 141 Å². The highest BCUT2D eigenvalue weighted by molar-refractivity contribution is 7.89. The molecule has 2 aromatic rings. The van der Waals surface area contributed by atoms with E-state index in [1.807, 2.05) is 0 Å². The number of aliphatic carboxylic acids is 1. The molecule has 0 saturated heterocycles. The van der Waals surface area contributed by atoms with Crippen molar-refractivity contribution in [2.24, 2.45) is 5.92 Å². The molecule has 128 valence electrons. The van der Waals surface area contributed by atoms with E-state index in [9.17, 15) is 18.3 Å². The summed E-state index contributed by atoms with van der Waals surface area (Å²) < 4.78 is 28.5. The topological polar surface area (TPSA) is 134 Å². The quantitative estimate of drug-likeness (QED) is 0.690. The van der Waals surface area contributed by atoms with Gasteiger partial charge in [0, 0.05) is 13.0 Å². The molecular formula is C13H13ClN4O5S. The molecule has 0 spiro atoms. The van der Waals surface area contributed by atoms with Gasteiger partial charge in [0.15, 0.2) is 5.75 Å². The zero-order valence-electron chi connectivity index (χ0n) is 12.2. The van der Waals surface area contributed by atoms with Crippen LogP contribution < -0.4 is 4.72 Å². The van der Waals surface area contributed by atoms with Crippen LogP contribution in [0.1, 0.15) is 11.6 Å². The van der Waals surface area contributed by atoms with Gasteiger partial charge in [0.05, 0.1) is 17.5 Å². The fourth-order valence-corrected chi connectivity index (χ4v) is 3.81. The molecule has 3 rings (SSSR count). The SMILES string of the molecule is O=C(O)C1Cc2nnc(CNS(=O)(=O)c3cccc(Cl)c3O)n2C1. The number of fused-ring (bicyclic) bond motifs is 1. The number of phenolic OH excluding ortho intramolecular Hbond substituents is 1. The minimum absolute atomic E-state index is 0.0782. The summed E-state index contributed by atoms with van der Waals surface area (Å²) in [7, 11) is -4.02. The molecular weight excluding hydrogens is 360 g/mol. The summed E-state index contributed by atoms with van der Waals surface area (Å²) in [6.07, 6.45) is 0.254. The Bertz CT molecular complexity index is 911. The third-order valence-electron chi connectivity index (χ3n) is 3.74. The number of carbonyl (C=O) groups is 1. The van der Waals surface area contributed by atoms with E-state index in [4.69, 9.17) is 16.7 Å². The van der Waals surface area contributed by atoms with E-state index in [-0.39, 0.29) is 29.4 Å². The number of phenols is 1. The van der Waals surface area contributed by atoms with E-state index in [0.717, 1.165) is 0 Å². The van der Waals surface area contributed by atoms with Crippen LogP contribution in [0.25, 0.3) is 0 Å². The molecule has 0 radical (unpaired) electrons. The molecule has 1 aliphatic heterocycles. The Hall–Kier alpha value is -2.17. The van der Waals surface area contributed by atoms with Crippen molar-refractivity contribution < 1.29 is 23.4 Å². The summed E-state index contributed by atoms with van der Waals surface area (Å²) in [5.41, 5.74) is 0. The van der Waals surface area contributed by atoms with Gasteiger partial charge in [-0.1, -0.05) is 17.7 Å². The summed E-state index contributed by atoms with van der Waals surface area (Å²) in [5.74, 6) is -1.26. The minimum atomic E-state index is -4.02. The van der Waals surface area contributed by atoms with Crippen molar-refractivity contribution in [2.45, 2.75) is 24.4 Å². The Kier molecular flexibility index (Phi) is 4.20. The predicted molar refractivity (Wildman–Crippen MR) is 82.0 cm³/mol. The molecule has 1 unspecified atom stereocenters. The van der Waals surface area contributed by atoms with E-state index in [1.54, 1.807) is 4.57 Å².